The zero-order chi connectivity index (χ0) is 19.5. The topological polar surface area (TPSA) is 47.0 Å². The van der Waals surface area contributed by atoms with Crippen molar-refractivity contribution in [2.24, 2.45) is 0 Å². The first-order valence-corrected chi connectivity index (χ1v) is 10.8. The maximum Gasteiger partial charge on any atom is 0.148 e. The summed E-state index contributed by atoms with van der Waals surface area (Å²) in [5.41, 5.74) is 2.87. The van der Waals surface area contributed by atoms with E-state index in [0.29, 0.717) is 6.61 Å². The van der Waals surface area contributed by atoms with Gasteiger partial charge < -0.3 is 10.1 Å². The molecule has 0 atom stereocenters. The summed E-state index contributed by atoms with van der Waals surface area (Å²) in [5, 5.41) is 4.31. The van der Waals surface area contributed by atoms with E-state index in [-0.39, 0.29) is 0 Å². The average molecular weight is 564 g/mol. The molecule has 0 bridgehead atoms. The zero-order valence-electron chi connectivity index (χ0n) is 14.5. The number of benzene rings is 3. The Labute approximate surface area is 187 Å². The van der Waals surface area contributed by atoms with Crippen molar-refractivity contribution in [2.75, 3.05) is 5.32 Å². The van der Waals surface area contributed by atoms with Crippen LogP contribution in [0.4, 0.5) is 11.5 Å². The van der Waals surface area contributed by atoms with Gasteiger partial charge in [-0.15, -0.1) is 0 Å². The first-order valence-electron chi connectivity index (χ1n) is 8.43. The highest BCUT2D eigenvalue weighted by Crippen LogP contribution is 2.38. The third-order valence-electron chi connectivity index (χ3n) is 4.08. The van der Waals surface area contributed by atoms with Crippen LogP contribution in [0, 0.1) is 0 Å². The van der Waals surface area contributed by atoms with Gasteiger partial charge in [0.1, 0.15) is 24.5 Å². The van der Waals surface area contributed by atoms with Gasteiger partial charge in [0.15, 0.2) is 0 Å². The monoisotopic (exact) mass is 561 g/mol. The van der Waals surface area contributed by atoms with Gasteiger partial charge in [0.05, 0.1) is 14.5 Å². The van der Waals surface area contributed by atoms with E-state index in [1.54, 1.807) is 6.33 Å². The van der Waals surface area contributed by atoms with E-state index in [2.05, 4.69) is 63.1 Å². The summed E-state index contributed by atoms with van der Waals surface area (Å²) in [5.74, 6) is 1.49. The average Bonchev–Trinajstić information content (AvgIpc) is 2.69. The van der Waals surface area contributed by atoms with Gasteiger partial charge in [0.25, 0.3) is 0 Å². The molecule has 3 aromatic carbocycles. The molecule has 0 saturated carbocycles. The number of halogens is 3. The maximum atomic E-state index is 5.99. The second-order valence-electron chi connectivity index (χ2n) is 6.05. The lowest BCUT2D eigenvalue weighted by atomic mass is 10.2. The van der Waals surface area contributed by atoms with Gasteiger partial charge in [-0.3, -0.25) is 0 Å². The summed E-state index contributed by atoms with van der Waals surface area (Å²) in [6.45, 7) is 0.495. The van der Waals surface area contributed by atoms with Crippen molar-refractivity contribution in [1.29, 1.82) is 0 Å². The summed E-state index contributed by atoms with van der Waals surface area (Å²) < 4.78 is 8.66. The van der Waals surface area contributed by atoms with Crippen LogP contribution >= 0.6 is 47.8 Å². The summed E-state index contributed by atoms with van der Waals surface area (Å²) in [7, 11) is 0. The highest BCUT2D eigenvalue weighted by Gasteiger charge is 2.11. The van der Waals surface area contributed by atoms with Crippen LogP contribution in [0.2, 0.25) is 0 Å². The van der Waals surface area contributed by atoms with Gasteiger partial charge in [0.2, 0.25) is 0 Å². The van der Waals surface area contributed by atoms with E-state index >= 15 is 0 Å². The number of hydrogen-bond donors (Lipinski definition) is 1. The van der Waals surface area contributed by atoms with Crippen LogP contribution in [-0.4, -0.2) is 9.97 Å². The fourth-order valence-corrected chi connectivity index (χ4v) is 4.54. The predicted octanol–water partition coefficient (Wildman–Crippen LogP) is 7.24. The summed E-state index contributed by atoms with van der Waals surface area (Å²) in [6.07, 6.45) is 1.56. The Morgan fingerprint density at radius 3 is 2.36 bits per heavy atom. The SMILES string of the molecule is Brc1ccc2ncnc(Nc3cc(Br)c(OCc4ccccc4)c(Br)c3)c2c1. The molecule has 140 valence electrons. The number of fused-ring (bicyclic) bond motifs is 1. The molecule has 7 heteroatoms. The van der Waals surface area contributed by atoms with E-state index < -0.39 is 0 Å². The molecule has 0 radical (unpaired) electrons. The molecule has 0 spiro atoms. The number of nitrogens with one attached hydrogen (secondary N) is 1. The van der Waals surface area contributed by atoms with E-state index in [0.717, 1.165) is 47.1 Å². The Morgan fingerprint density at radius 2 is 1.61 bits per heavy atom. The molecule has 0 aliphatic carbocycles. The molecule has 0 amide bonds. The van der Waals surface area contributed by atoms with Crippen molar-refractivity contribution in [1.82, 2.24) is 9.97 Å². The van der Waals surface area contributed by atoms with Gasteiger partial charge in [-0.25, -0.2) is 9.97 Å². The first-order chi connectivity index (χ1) is 13.6. The number of aromatic nitrogens is 2. The Kier molecular flexibility index (Phi) is 5.94. The molecule has 1 aromatic heterocycles. The molecule has 0 saturated heterocycles. The van der Waals surface area contributed by atoms with Gasteiger partial charge in [-0.05, 0) is 67.8 Å². The molecule has 4 nitrogen and oxygen atoms in total. The quantitative estimate of drug-likeness (QED) is 0.278. The Balaban J connectivity index is 1.59. The highest BCUT2D eigenvalue weighted by molar-refractivity contribution is 9.11. The van der Waals surface area contributed by atoms with Crippen LogP contribution < -0.4 is 10.1 Å². The van der Waals surface area contributed by atoms with E-state index in [1.807, 2.05) is 60.7 Å². The van der Waals surface area contributed by atoms with Crippen molar-refractivity contribution in [3.63, 3.8) is 0 Å². The van der Waals surface area contributed by atoms with Crippen LogP contribution in [0.1, 0.15) is 5.56 Å². The molecule has 28 heavy (non-hydrogen) atoms. The standard InChI is InChI=1S/C21H14Br3N3O/c22-14-6-7-19-16(8-14)21(26-12-25-19)27-15-9-17(23)20(18(24)10-15)28-11-13-4-2-1-3-5-13/h1-10,12H,11H2,(H,25,26,27). The zero-order valence-corrected chi connectivity index (χ0v) is 19.3. The van der Waals surface area contributed by atoms with Gasteiger partial charge in [-0.1, -0.05) is 46.3 Å². The Bertz CT molecular complexity index is 1110. The summed E-state index contributed by atoms with van der Waals surface area (Å²) in [4.78, 5) is 8.71. The molecular formula is C21H14Br3N3O. The van der Waals surface area contributed by atoms with Gasteiger partial charge in [-0.2, -0.15) is 0 Å². The van der Waals surface area contributed by atoms with Crippen LogP contribution in [0.25, 0.3) is 10.9 Å². The van der Waals surface area contributed by atoms with E-state index in [4.69, 9.17) is 4.74 Å². The van der Waals surface area contributed by atoms with E-state index in [1.165, 1.54) is 0 Å². The number of nitrogens with zero attached hydrogens (tertiary/aromatic N) is 2. The van der Waals surface area contributed by atoms with E-state index in [9.17, 15) is 0 Å². The molecule has 4 rings (SSSR count). The molecule has 0 aliphatic rings. The molecule has 1 heterocycles. The fraction of sp³-hybridized carbons (Fsp3) is 0.0476. The van der Waals surface area contributed by atoms with Gasteiger partial charge in [0, 0.05) is 15.5 Å². The minimum atomic E-state index is 0.495. The fourth-order valence-electron chi connectivity index (χ4n) is 2.76. The Hall–Kier alpha value is -1.96. The second kappa shape index (κ2) is 8.59. The lowest BCUT2D eigenvalue weighted by Crippen LogP contribution is -1.99. The predicted molar refractivity (Wildman–Crippen MR) is 123 cm³/mol. The van der Waals surface area contributed by atoms with Crippen LogP contribution in [-0.2, 0) is 6.61 Å². The van der Waals surface area contributed by atoms with Crippen molar-refractivity contribution >= 4 is 70.2 Å². The molecular weight excluding hydrogens is 550 g/mol. The smallest absolute Gasteiger partial charge is 0.148 e. The molecule has 1 N–H and O–H groups in total. The lowest BCUT2D eigenvalue weighted by molar-refractivity contribution is 0.302. The van der Waals surface area contributed by atoms with Crippen molar-refractivity contribution in [3.8, 4) is 5.75 Å². The maximum absolute atomic E-state index is 5.99. The largest absolute Gasteiger partial charge is 0.487 e. The third-order valence-corrected chi connectivity index (χ3v) is 5.76. The van der Waals surface area contributed by atoms with Crippen molar-refractivity contribution in [3.05, 3.63) is 86.0 Å². The molecule has 0 unspecified atom stereocenters. The normalized spacial score (nSPS) is 10.8. The molecule has 0 fully saturated rings. The van der Waals surface area contributed by atoms with Crippen LogP contribution in [0.3, 0.4) is 0 Å². The highest BCUT2D eigenvalue weighted by atomic mass is 79.9. The summed E-state index contributed by atoms with van der Waals surface area (Å²) >= 11 is 10.7. The summed E-state index contributed by atoms with van der Waals surface area (Å²) in [6, 6.07) is 19.9. The second-order valence-corrected chi connectivity index (χ2v) is 8.68. The number of hydrogen-bond acceptors (Lipinski definition) is 4. The lowest BCUT2D eigenvalue weighted by Gasteiger charge is -2.14. The molecule has 4 aromatic rings. The minimum Gasteiger partial charge on any atom is -0.487 e. The number of rotatable bonds is 5. The minimum absolute atomic E-state index is 0.495. The van der Waals surface area contributed by atoms with Crippen molar-refractivity contribution < 1.29 is 4.74 Å². The first kappa shape index (κ1) is 19.4. The molecule has 0 aliphatic heterocycles. The van der Waals surface area contributed by atoms with Crippen LogP contribution in [0.15, 0.2) is 80.4 Å². The van der Waals surface area contributed by atoms with Gasteiger partial charge >= 0.3 is 0 Å². The van der Waals surface area contributed by atoms with Crippen LogP contribution in [0.5, 0.6) is 5.75 Å². The van der Waals surface area contributed by atoms with Crippen molar-refractivity contribution in [2.45, 2.75) is 6.61 Å². The number of anilines is 2. The number of ether oxygens (including phenoxy) is 1. The third kappa shape index (κ3) is 4.37. The Morgan fingerprint density at radius 1 is 0.857 bits per heavy atom.